The van der Waals surface area contributed by atoms with Gasteiger partial charge in [0.15, 0.2) is 0 Å². The fourth-order valence-electron chi connectivity index (χ4n) is 0.990. The van der Waals surface area contributed by atoms with Crippen molar-refractivity contribution in [2.75, 3.05) is 5.75 Å². The first-order chi connectivity index (χ1) is 6.17. The van der Waals surface area contributed by atoms with Gasteiger partial charge in [-0.15, -0.1) is 0 Å². The molecule has 0 aliphatic rings. The van der Waals surface area contributed by atoms with Crippen LogP contribution in [0.2, 0.25) is 3.93 Å². The van der Waals surface area contributed by atoms with Crippen LogP contribution in [-0.4, -0.2) is 14.2 Å². The van der Waals surface area contributed by atoms with E-state index < -0.39 is 33.2 Å². The van der Waals surface area contributed by atoms with E-state index in [0.717, 1.165) is 3.93 Å². The Hall–Kier alpha value is 0.395. The van der Waals surface area contributed by atoms with E-state index in [1.165, 1.54) is 0 Å². The predicted molar refractivity (Wildman–Crippen MR) is 49.2 cm³/mol. The number of sulfone groups is 1. The fraction of sp³-hybridized carbons (Fsp3) is 0.250. The van der Waals surface area contributed by atoms with Crippen LogP contribution in [0.25, 0.3) is 0 Å². The summed E-state index contributed by atoms with van der Waals surface area (Å²) in [6.45, 7) is 0. The molecule has 0 heterocycles. The van der Waals surface area contributed by atoms with Crippen LogP contribution >= 0.6 is 8.25 Å². The van der Waals surface area contributed by atoms with Crippen LogP contribution in [0.3, 0.4) is 0 Å². The van der Waals surface area contributed by atoms with Crippen molar-refractivity contribution in [2.24, 2.45) is 0 Å². The summed E-state index contributed by atoms with van der Waals surface area (Å²) in [5.74, 6) is 0.224. The molecule has 5 heteroatoms. The Balaban J connectivity index is 2.83. The van der Waals surface area contributed by atoms with E-state index in [2.05, 4.69) is 0 Å². The molecule has 0 N–H and O–H groups in total. The normalized spacial score (nSPS) is 10.8. The Labute approximate surface area is 94.1 Å². The van der Waals surface area contributed by atoms with Crippen molar-refractivity contribution in [3.05, 3.63) is 30.3 Å². The van der Waals surface area contributed by atoms with Crippen LogP contribution in [0, 0.1) is 0 Å². The monoisotopic (exact) mass is 406 g/mol. The maximum atomic E-state index is 11.6. The molecule has 0 unspecified atom stereocenters. The molecule has 2 nitrogen and oxygen atoms in total. The first-order valence-corrected chi connectivity index (χ1v) is 16.3. The van der Waals surface area contributed by atoms with Crippen molar-refractivity contribution in [3.63, 3.8) is 0 Å². The third-order valence-corrected chi connectivity index (χ3v) is 10.2. The molecule has 0 aromatic heterocycles. The third kappa shape index (κ3) is 3.56. The molecule has 0 spiro atoms. The molecule has 13 heavy (non-hydrogen) atoms. The van der Waals surface area contributed by atoms with Gasteiger partial charge in [-0.3, -0.25) is 0 Å². The summed E-state index contributed by atoms with van der Waals surface area (Å²) in [6.07, 6.45) is 0. The molecular weight excluding hydrogens is 396 g/mol. The van der Waals surface area contributed by atoms with E-state index >= 15 is 0 Å². The van der Waals surface area contributed by atoms with Crippen LogP contribution in [0.5, 0.6) is 0 Å². The second-order valence-corrected chi connectivity index (χ2v) is 12.3. The number of hydrogen-bond donors (Lipinski definition) is 0. The molecule has 0 bridgehead atoms. The van der Waals surface area contributed by atoms with Crippen LogP contribution in [0.4, 0.5) is 0 Å². The summed E-state index contributed by atoms with van der Waals surface area (Å²) in [5, 5.41) is 0. The van der Waals surface area contributed by atoms with Gasteiger partial charge in [0.2, 0.25) is 0 Å². The zero-order chi connectivity index (χ0) is 9.73. The predicted octanol–water partition coefficient (Wildman–Crippen LogP) is 2.11. The molecule has 1 aromatic carbocycles. The van der Waals surface area contributed by atoms with Crippen LogP contribution in [-0.2, 0) is 33.2 Å². The van der Waals surface area contributed by atoms with Crippen molar-refractivity contribution in [2.45, 2.75) is 8.83 Å². The van der Waals surface area contributed by atoms with Crippen molar-refractivity contribution in [1.29, 1.82) is 0 Å². The Bertz CT molecular complexity index is 350. The Morgan fingerprint density at radius 2 is 1.85 bits per heavy atom. The van der Waals surface area contributed by atoms with Crippen molar-refractivity contribution in [3.8, 4) is 0 Å². The number of benzene rings is 1. The van der Waals surface area contributed by atoms with E-state index in [-0.39, 0.29) is 5.75 Å². The summed E-state index contributed by atoms with van der Waals surface area (Å²) in [5.41, 5.74) is 0. The van der Waals surface area contributed by atoms with Gasteiger partial charge in [0.05, 0.1) is 0 Å². The zero-order valence-electron chi connectivity index (χ0n) is 7.11. The summed E-state index contributed by atoms with van der Waals surface area (Å²) in [7, 11) is 2.60. The summed E-state index contributed by atoms with van der Waals surface area (Å²) in [6, 6.07) is 8.53. The molecule has 0 radical (unpaired) electrons. The molecular formula is C8H9ClHgO2S. The molecule has 1 rings (SSSR count). The average molecular weight is 405 g/mol. The molecule has 0 aliphatic carbocycles. The molecule has 1 aromatic rings. The maximum absolute atomic E-state index is 11.6. The fourth-order valence-corrected chi connectivity index (χ4v) is 10.9. The van der Waals surface area contributed by atoms with Crippen LogP contribution in [0.15, 0.2) is 35.2 Å². The zero-order valence-corrected chi connectivity index (χ0v) is 14.2. The van der Waals surface area contributed by atoms with Gasteiger partial charge in [0.1, 0.15) is 0 Å². The quantitative estimate of drug-likeness (QED) is 0.720. The molecule has 0 aliphatic heterocycles. The van der Waals surface area contributed by atoms with E-state index in [0.29, 0.717) is 4.90 Å². The van der Waals surface area contributed by atoms with Crippen molar-refractivity contribution in [1.82, 2.24) is 0 Å². The third-order valence-electron chi connectivity index (χ3n) is 1.65. The first-order valence-electron chi connectivity index (χ1n) is 4.00. The Morgan fingerprint density at radius 3 is 2.38 bits per heavy atom. The van der Waals surface area contributed by atoms with Gasteiger partial charge in [-0.05, 0) is 0 Å². The SMILES string of the molecule is O=S(=O)(C[CH2][Hg][Cl])c1ccccc1. The van der Waals surface area contributed by atoms with Crippen molar-refractivity contribution < 1.29 is 31.8 Å². The van der Waals surface area contributed by atoms with Gasteiger partial charge in [-0.2, -0.15) is 0 Å². The average Bonchev–Trinajstić information content (AvgIpc) is 2.16. The van der Waals surface area contributed by atoms with E-state index in [1.54, 1.807) is 30.3 Å². The van der Waals surface area contributed by atoms with E-state index in [1.807, 2.05) is 0 Å². The van der Waals surface area contributed by atoms with Gasteiger partial charge in [0, 0.05) is 0 Å². The molecule has 68 valence electrons. The van der Waals surface area contributed by atoms with Crippen LogP contribution < -0.4 is 0 Å². The van der Waals surface area contributed by atoms with Crippen molar-refractivity contribution >= 4 is 18.1 Å². The van der Waals surface area contributed by atoms with E-state index in [4.69, 9.17) is 8.25 Å². The standard InChI is InChI=1S/C8H9O2S.ClH.Hg/c1-2-11(9,10)8-6-4-3-5-7-8;;/h3-7H,1-2H2;1H;/q;;+1/p-1. The first kappa shape index (κ1) is 11.5. The minimum absolute atomic E-state index is 0.224. The second kappa shape index (κ2) is 5.32. The van der Waals surface area contributed by atoms with Gasteiger partial charge < -0.3 is 0 Å². The molecule has 0 fully saturated rings. The molecule has 0 amide bonds. The molecule has 0 saturated heterocycles. The molecule has 0 saturated carbocycles. The topological polar surface area (TPSA) is 34.1 Å². The van der Waals surface area contributed by atoms with Crippen LogP contribution in [0.1, 0.15) is 0 Å². The van der Waals surface area contributed by atoms with Gasteiger partial charge in [-0.25, -0.2) is 0 Å². The van der Waals surface area contributed by atoms with Gasteiger partial charge >= 0.3 is 94.8 Å². The summed E-state index contributed by atoms with van der Waals surface area (Å²) < 4.78 is 23.9. The minimum atomic E-state index is -3.05. The van der Waals surface area contributed by atoms with Gasteiger partial charge in [-0.1, -0.05) is 0 Å². The van der Waals surface area contributed by atoms with Gasteiger partial charge in [0.25, 0.3) is 0 Å². The number of hydrogen-bond acceptors (Lipinski definition) is 2. The van der Waals surface area contributed by atoms with E-state index in [9.17, 15) is 8.42 Å². The Morgan fingerprint density at radius 1 is 1.23 bits per heavy atom. The summed E-state index contributed by atoms with van der Waals surface area (Å²) >= 11 is -1.31. The number of rotatable bonds is 4. The molecule has 0 atom stereocenters. The summed E-state index contributed by atoms with van der Waals surface area (Å²) in [4.78, 5) is 0.411. The number of halogens is 1. The second-order valence-electron chi connectivity index (χ2n) is 2.67. The Kier molecular flexibility index (Phi) is 4.69.